The maximum atomic E-state index is 12.6. The zero-order valence-corrected chi connectivity index (χ0v) is 8.51. The van der Waals surface area contributed by atoms with Crippen LogP contribution in [0, 0.1) is 11.0 Å². The summed E-state index contributed by atoms with van der Waals surface area (Å²) < 4.78 is 13.4. The second-order valence-corrected chi connectivity index (χ2v) is 3.34. The van der Waals surface area contributed by atoms with Gasteiger partial charge in [-0.15, -0.1) is 0 Å². The third-order valence-electron chi connectivity index (χ3n) is 2.15. The van der Waals surface area contributed by atoms with E-state index in [2.05, 4.69) is 0 Å². The Labute approximate surface area is 92.9 Å². The van der Waals surface area contributed by atoms with Gasteiger partial charge in [0.1, 0.15) is 5.82 Å². The van der Waals surface area contributed by atoms with E-state index in [0.717, 1.165) is 10.3 Å². The first-order valence-corrected chi connectivity index (χ1v) is 4.87. The van der Waals surface area contributed by atoms with Crippen molar-refractivity contribution in [2.75, 3.05) is 0 Å². The average molecular weight is 215 g/mol. The second kappa shape index (κ2) is 4.57. The van der Waals surface area contributed by atoms with Crippen LogP contribution in [0.1, 0.15) is 5.56 Å². The van der Waals surface area contributed by atoms with Gasteiger partial charge in [-0.25, -0.2) is 4.39 Å². The molecule has 0 fully saturated rings. The molecule has 0 aromatic heterocycles. The summed E-state index contributed by atoms with van der Waals surface area (Å²) in [6.45, 7) is 0. The molecule has 0 radical (unpaired) electrons. The summed E-state index contributed by atoms with van der Waals surface area (Å²) in [5.74, 6) is -0.350. The molecule has 16 heavy (non-hydrogen) atoms. The summed E-state index contributed by atoms with van der Waals surface area (Å²) in [6, 6.07) is 14.7. The molecule has 0 N–H and O–H groups in total. The quantitative estimate of drug-likeness (QED) is 0.327. The van der Waals surface area contributed by atoms with Crippen LogP contribution in [0.3, 0.4) is 0 Å². The monoisotopic (exact) mass is 215 g/mol. The first kappa shape index (κ1) is 10.4. The summed E-state index contributed by atoms with van der Waals surface area (Å²) in [5, 5.41) is 11.7. The van der Waals surface area contributed by atoms with Gasteiger partial charge in [0.15, 0.2) is 6.21 Å². The highest BCUT2D eigenvalue weighted by molar-refractivity contribution is 5.76. The van der Waals surface area contributed by atoms with Crippen LogP contribution in [0.15, 0.2) is 54.6 Å². The van der Waals surface area contributed by atoms with Gasteiger partial charge in [0.05, 0.1) is 0 Å². The molecule has 0 atom stereocenters. The van der Waals surface area contributed by atoms with E-state index >= 15 is 0 Å². The van der Waals surface area contributed by atoms with Gasteiger partial charge < -0.3 is 5.21 Å². The van der Waals surface area contributed by atoms with Crippen molar-refractivity contribution in [2.24, 2.45) is 0 Å². The molecule has 0 saturated carbocycles. The van der Waals surface area contributed by atoms with E-state index in [1.54, 1.807) is 0 Å². The molecule has 0 amide bonds. The van der Waals surface area contributed by atoms with E-state index in [-0.39, 0.29) is 5.82 Å². The van der Waals surface area contributed by atoms with E-state index in [1.165, 1.54) is 30.5 Å². The Morgan fingerprint density at radius 3 is 2.19 bits per heavy atom. The topological polar surface area (TPSA) is 26.1 Å². The molecule has 0 saturated heterocycles. The Kier molecular flexibility index (Phi) is 2.96. The minimum Gasteiger partial charge on any atom is -0.618 e. The van der Waals surface area contributed by atoms with Crippen LogP contribution < -0.4 is 0 Å². The minimum atomic E-state index is -0.350. The summed E-state index contributed by atoms with van der Waals surface area (Å²) in [6.07, 6.45) is 1.45. The maximum Gasteiger partial charge on any atom is 0.216 e. The summed E-state index contributed by atoms with van der Waals surface area (Å²) >= 11 is 0. The van der Waals surface area contributed by atoms with Gasteiger partial charge >= 0.3 is 0 Å². The minimum absolute atomic E-state index is 0.350. The zero-order valence-electron chi connectivity index (χ0n) is 8.51. The molecule has 2 aromatic carbocycles. The van der Waals surface area contributed by atoms with E-state index in [0.29, 0.717) is 5.69 Å². The van der Waals surface area contributed by atoms with Crippen LogP contribution in [-0.4, -0.2) is 11.0 Å². The van der Waals surface area contributed by atoms with Crippen LogP contribution in [0.25, 0.3) is 0 Å². The highest BCUT2D eigenvalue weighted by Crippen LogP contribution is 2.11. The Morgan fingerprint density at radius 1 is 0.938 bits per heavy atom. The molecule has 2 rings (SSSR count). The fraction of sp³-hybridized carbons (Fsp3) is 0. The summed E-state index contributed by atoms with van der Waals surface area (Å²) in [5.41, 5.74) is 1.21. The van der Waals surface area contributed by atoms with E-state index < -0.39 is 0 Å². The molecule has 0 heterocycles. The van der Waals surface area contributed by atoms with Gasteiger partial charge in [0.2, 0.25) is 5.69 Å². The van der Waals surface area contributed by atoms with Crippen molar-refractivity contribution in [3.05, 3.63) is 71.2 Å². The zero-order chi connectivity index (χ0) is 11.4. The van der Waals surface area contributed by atoms with E-state index in [9.17, 15) is 9.60 Å². The molecule has 0 aliphatic heterocycles. The largest absolute Gasteiger partial charge is 0.618 e. The summed E-state index contributed by atoms with van der Waals surface area (Å²) in [7, 11) is 0. The lowest BCUT2D eigenvalue weighted by Gasteiger charge is -2.02. The predicted octanol–water partition coefficient (Wildman–Crippen LogP) is 3.09. The molecule has 0 aliphatic carbocycles. The second-order valence-electron chi connectivity index (χ2n) is 3.34. The number of nitrogens with zero attached hydrogens (tertiary/aromatic N) is 1. The van der Waals surface area contributed by atoms with E-state index in [4.69, 9.17) is 0 Å². The third-order valence-corrected chi connectivity index (χ3v) is 2.15. The van der Waals surface area contributed by atoms with Crippen molar-refractivity contribution in [3.8, 4) is 0 Å². The Hall–Kier alpha value is -2.16. The average Bonchev–Trinajstić information content (AvgIpc) is 2.31. The molecule has 2 nitrogen and oxygen atoms in total. The molecule has 3 heteroatoms. The Balaban J connectivity index is 2.28. The van der Waals surface area contributed by atoms with Crippen LogP contribution >= 0.6 is 0 Å². The first-order valence-electron chi connectivity index (χ1n) is 4.87. The standard InChI is InChI=1S/C13H10FNO/c14-12-6-8-13(9-7-12)15(16)10-11-4-2-1-3-5-11/h1-10H/b15-10+. The van der Waals surface area contributed by atoms with Crippen LogP contribution in [0.2, 0.25) is 0 Å². The van der Waals surface area contributed by atoms with Crippen molar-refractivity contribution < 1.29 is 9.13 Å². The molecule has 0 aliphatic rings. The number of rotatable bonds is 2. The number of halogens is 1. The predicted molar refractivity (Wildman–Crippen MR) is 61.3 cm³/mol. The third kappa shape index (κ3) is 2.45. The Bertz CT molecular complexity index is 491. The molecular weight excluding hydrogens is 205 g/mol. The van der Waals surface area contributed by atoms with Gasteiger partial charge in [0.25, 0.3) is 0 Å². The van der Waals surface area contributed by atoms with Gasteiger partial charge in [-0.3, -0.25) is 0 Å². The van der Waals surface area contributed by atoms with Crippen molar-refractivity contribution in [3.63, 3.8) is 0 Å². The smallest absolute Gasteiger partial charge is 0.216 e. The van der Waals surface area contributed by atoms with Crippen molar-refractivity contribution >= 4 is 11.9 Å². The van der Waals surface area contributed by atoms with Gasteiger partial charge in [-0.1, -0.05) is 18.2 Å². The van der Waals surface area contributed by atoms with Crippen LogP contribution in [0.5, 0.6) is 0 Å². The van der Waals surface area contributed by atoms with Gasteiger partial charge in [0, 0.05) is 17.7 Å². The lowest BCUT2D eigenvalue weighted by molar-refractivity contribution is -0.354. The molecule has 0 spiro atoms. The van der Waals surface area contributed by atoms with Crippen LogP contribution in [0.4, 0.5) is 10.1 Å². The SMILES string of the molecule is [O-]/[N+](=C/c1ccccc1)c1ccc(F)cc1. The van der Waals surface area contributed by atoms with Crippen molar-refractivity contribution in [1.82, 2.24) is 0 Å². The lowest BCUT2D eigenvalue weighted by atomic mass is 10.2. The molecular formula is C13H10FNO. The highest BCUT2D eigenvalue weighted by Gasteiger charge is 2.01. The maximum absolute atomic E-state index is 12.6. The fourth-order valence-electron chi connectivity index (χ4n) is 1.34. The first-order chi connectivity index (χ1) is 7.75. The highest BCUT2D eigenvalue weighted by atomic mass is 19.1. The van der Waals surface area contributed by atoms with Crippen LogP contribution in [-0.2, 0) is 0 Å². The van der Waals surface area contributed by atoms with E-state index in [1.807, 2.05) is 30.3 Å². The molecule has 80 valence electrons. The van der Waals surface area contributed by atoms with Crippen molar-refractivity contribution in [2.45, 2.75) is 0 Å². The molecule has 2 aromatic rings. The number of benzene rings is 2. The molecule has 0 unspecified atom stereocenters. The number of hydrogen-bond acceptors (Lipinski definition) is 1. The van der Waals surface area contributed by atoms with Gasteiger partial charge in [-0.05, 0) is 24.3 Å². The number of hydrogen-bond donors (Lipinski definition) is 0. The fourth-order valence-corrected chi connectivity index (χ4v) is 1.34. The normalized spacial score (nSPS) is 11.4. The lowest BCUT2D eigenvalue weighted by Crippen LogP contribution is -1.98. The van der Waals surface area contributed by atoms with Crippen molar-refractivity contribution in [1.29, 1.82) is 0 Å². The Morgan fingerprint density at radius 2 is 1.56 bits per heavy atom. The molecule has 0 bridgehead atoms. The summed E-state index contributed by atoms with van der Waals surface area (Å²) in [4.78, 5) is 0. The van der Waals surface area contributed by atoms with Gasteiger partial charge in [-0.2, -0.15) is 4.74 Å².